The van der Waals surface area contributed by atoms with Gasteiger partial charge in [0.05, 0.1) is 6.33 Å². The number of nitrogens with two attached hydrogens (primary N) is 2. The van der Waals surface area contributed by atoms with Gasteiger partial charge in [-0.2, -0.15) is 4.98 Å². The van der Waals surface area contributed by atoms with E-state index >= 15 is 4.39 Å². The van der Waals surface area contributed by atoms with Crippen LogP contribution in [0.15, 0.2) is 22.4 Å². The van der Waals surface area contributed by atoms with E-state index in [1.165, 1.54) is 24.2 Å². The van der Waals surface area contributed by atoms with E-state index in [2.05, 4.69) is 35.2 Å². The number of ether oxygens (including phenoxy) is 4. The Balaban J connectivity index is 1.26. The van der Waals surface area contributed by atoms with E-state index < -0.39 is 82.1 Å². The van der Waals surface area contributed by atoms with Crippen LogP contribution in [0.5, 0.6) is 0 Å². The van der Waals surface area contributed by atoms with E-state index in [0.717, 1.165) is 6.33 Å². The Morgan fingerprint density at radius 3 is 2.77 bits per heavy atom. The van der Waals surface area contributed by atoms with Crippen molar-refractivity contribution in [3.8, 4) is 0 Å². The number of aliphatic hydroxyl groups is 1. The summed E-state index contributed by atoms with van der Waals surface area (Å²) in [4.78, 5) is 46.5. The van der Waals surface area contributed by atoms with Crippen LogP contribution >= 0.6 is 8.25 Å². The van der Waals surface area contributed by atoms with Crippen molar-refractivity contribution in [2.75, 3.05) is 37.1 Å². The third kappa shape index (κ3) is 7.20. The van der Waals surface area contributed by atoms with Crippen LogP contribution in [0, 0.1) is 0 Å². The Labute approximate surface area is 265 Å². The van der Waals surface area contributed by atoms with Gasteiger partial charge in [0.25, 0.3) is 5.56 Å². The maximum absolute atomic E-state index is 15.8. The first-order valence-electron chi connectivity index (χ1n) is 14.2. The Kier molecular flexibility index (Phi) is 10.6. The van der Waals surface area contributed by atoms with Gasteiger partial charge in [-0.05, 0) is 6.92 Å². The molecule has 3 aromatic heterocycles. The molecular formula is C25H33FN10O10P+. The minimum Gasteiger partial charge on any atom is -0.463 e. The lowest BCUT2D eigenvalue weighted by Crippen LogP contribution is -2.36. The molecule has 0 aromatic carbocycles. The first-order chi connectivity index (χ1) is 22.6. The van der Waals surface area contributed by atoms with E-state index in [0.29, 0.717) is 0 Å². The molecule has 9 atom stereocenters. The van der Waals surface area contributed by atoms with Crippen LogP contribution in [0.25, 0.3) is 11.2 Å². The molecule has 5 heterocycles. The fraction of sp³-hybridized carbons (Fsp3) is 0.560. The summed E-state index contributed by atoms with van der Waals surface area (Å²) < 4.78 is 63.1. The van der Waals surface area contributed by atoms with Crippen LogP contribution < -0.4 is 22.3 Å². The number of alkyl halides is 1. The Morgan fingerprint density at radius 2 is 2.04 bits per heavy atom. The number of aliphatic imine (C=N–C) groups is 1. The molecule has 0 aliphatic carbocycles. The number of nitrogens with one attached hydrogen (secondary N) is 2. The lowest BCUT2D eigenvalue weighted by molar-refractivity contribution is -0.148. The summed E-state index contributed by atoms with van der Waals surface area (Å²) in [6.07, 6.45) is -6.73. The minimum atomic E-state index is -3.05. The number of carbonyl (C=O) groups is 1. The average Bonchev–Trinajstić information content (AvgIpc) is 3.69. The van der Waals surface area contributed by atoms with Crippen LogP contribution in [0.3, 0.4) is 0 Å². The van der Waals surface area contributed by atoms with E-state index in [1.54, 1.807) is 13.8 Å². The number of rotatable bonds is 13. The van der Waals surface area contributed by atoms with Crippen LogP contribution in [0.1, 0.15) is 26.5 Å². The highest BCUT2D eigenvalue weighted by atomic mass is 31.1. The SMILES string of the molecule is CC=Nc1c(N)ncnc1NC1OC(COC(=O)CC)C(O[P+](=O)OCC2OC(n3cnc4c(=O)[nH]c(N)nc43)C(OC)C2O)C1F. The molecule has 7 N–H and O–H groups in total. The molecule has 3 aromatic rings. The highest BCUT2D eigenvalue weighted by Crippen LogP contribution is 2.39. The summed E-state index contributed by atoms with van der Waals surface area (Å²) >= 11 is 0. The number of methoxy groups -OCH3 is 1. The van der Waals surface area contributed by atoms with Gasteiger partial charge in [0.2, 0.25) is 5.95 Å². The molecular weight excluding hydrogens is 650 g/mol. The lowest BCUT2D eigenvalue weighted by atomic mass is 10.1. The van der Waals surface area contributed by atoms with Gasteiger partial charge in [-0.3, -0.25) is 24.1 Å². The van der Waals surface area contributed by atoms with Gasteiger partial charge in [-0.25, -0.2) is 19.3 Å². The number of aliphatic hydroxyl groups excluding tert-OH is 1. The standard InChI is InChI=1S/C25H32FN10O10P/c1-4-12(37)42-6-11-17(13(26)23(44-11)33-20-14(29-5-2)19(27)30-8-31-20)46-47(40)43-7-10-16(38)18(41-3)24(45-10)36-9-32-15-21(36)34-25(28)35-22(15)39/h5,8-11,13,16-18,23-24,38H,4,6-7H2,1-3H3,(H5-,27,28,30,31,33,34,35,39)/p+1. The number of aromatic amines is 1. The van der Waals surface area contributed by atoms with Crippen LogP contribution in [-0.4, -0.2) is 110 Å². The van der Waals surface area contributed by atoms with Crippen molar-refractivity contribution in [3.63, 3.8) is 0 Å². The molecule has 0 spiro atoms. The Bertz CT molecular complexity index is 1690. The fourth-order valence-corrected chi connectivity index (χ4v) is 5.77. The molecule has 22 heteroatoms. The molecule has 2 saturated heterocycles. The van der Waals surface area contributed by atoms with Crippen molar-refractivity contribution in [2.45, 2.75) is 69.4 Å². The quantitative estimate of drug-likeness (QED) is 0.0917. The smallest absolute Gasteiger partial charge is 0.463 e. The van der Waals surface area contributed by atoms with E-state index in [9.17, 15) is 19.3 Å². The molecule has 0 amide bonds. The summed E-state index contributed by atoms with van der Waals surface area (Å²) in [6, 6.07) is 0. The monoisotopic (exact) mass is 683 g/mol. The molecule has 0 bridgehead atoms. The Hall–Kier alpha value is -4.24. The molecule has 2 aliphatic heterocycles. The number of esters is 1. The number of halogens is 1. The summed E-state index contributed by atoms with van der Waals surface area (Å²) in [5, 5.41) is 13.6. The average molecular weight is 684 g/mol. The topological polar surface area (TPSA) is 276 Å². The molecule has 47 heavy (non-hydrogen) atoms. The molecule has 5 rings (SSSR count). The molecule has 254 valence electrons. The number of imidazole rings is 1. The number of nitrogens with zero attached hydrogens (tertiary/aromatic N) is 6. The third-order valence-electron chi connectivity index (χ3n) is 7.24. The lowest BCUT2D eigenvalue weighted by Gasteiger charge is -2.19. The van der Waals surface area contributed by atoms with Gasteiger partial charge in [0.15, 0.2) is 47.5 Å². The highest BCUT2D eigenvalue weighted by Gasteiger charge is 2.53. The molecule has 20 nitrogen and oxygen atoms in total. The van der Waals surface area contributed by atoms with Gasteiger partial charge < -0.3 is 40.8 Å². The third-order valence-corrected chi connectivity index (χ3v) is 8.01. The molecule has 2 fully saturated rings. The van der Waals surface area contributed by atoms with Gasteiger partial charge in [-0.1, -0.05) is 6.92 Å². The molecule has 9 unspecified atom stereocenters. The number of hydrogen-bond acceptors (Lipinski definition) is 18. The van der Waals surface area contributed by atoms with Crippen molar-refractivity contribution >= 4 is 54.9 Å². The van der Waals surface area contributed by atoms with E-state index in [1.807, 2.05) is 0 Å². The van der Waals surface area contributed by atoms with Crippen molar-refractivity contribution in [3.05, 3.63) is 23.0 Å². The van der Waals surface area contributed by atoms with Crippen molar-refractivity contribution in [1.29, 1.82) is 0 Å². The van der Waals surface area contributed by atoms with Gasteiger partial charge >= 0.3 is 14.2 Å². The minimum absolute atomic E-state index is 0.0210. The van der Waals surface area contributed by atoms with Crippen molar-refractivity contribution in [2.24, 2.45) is 4.99 Å². The normalized spacial score (nSPS) is 27.9. The number of anilines is 3. The highest BCUT2D eigenvalue weighted by molar-refractivity contribution is 7.33. The van der Waals surface area contributed by atoms with Crippen molar-refractivity contribution < 1.29 is 46.9 Å². The van der Waals surface area contributed by atoms with Gasteiger partial charge in [0, 0.05) is 24.3 Å². The maximum Gasteiger partial charge on any atom is 0.697 e. The maximum atomic E-state index is 15.8. The predicted octanol–water partition coefficient (Wildman–Crippen LogP) is 0.257. The summed E-state index contributed by atoms with van der Waals surface area (Å²) in [5.41, 5.74) is 11.2. The summed E-state index contributed by atoms with van der Waals surface area (Å²) in [5.74, 6) is -0.664. The number of H-pyrrole nitrogens is 1. The molecule has 2 aliphatic rings. The summed E-state index contributed by atoms with van der Waals surface area (Å²) in [6.45, 7) is 2.30. The number of nitrogen functional groups attached to an aromatic ring is 2. The predicted molar refractivity (Wildman–Crippen MR) is 160 cm³/mol. The first-order valence-corrected chi connectivity index (χ1v) is 15.3. The molecule has 0 radical (unpaired) electrons. The zero-order valence-electron chi connectivity index (χ0n) is 25.3. The molecule has 0 saturated carbocycles. The zero-order valence-corrected chi connectivity index (χ0v) is 26.2. The second kappa shape index (κ2) is 14.7. The van der Waals surface area contributed by atoms with Crippen LogP contribution in [0.4, 0.5) is 27.7 Å². The summed E-state index contributed by atoms with van der Waals surface area (Å²) in [7, 11) is -1.72. The van der Waals surface area contributed by atoms with Crippen molar-refractivity contribution in [1.82, 2.24) is 29.5 Å². The van der Waals surface area contributed by atoms with Gasteiger partial charge in [0.1, 0.15) is 49.6 Å². The zero-order chi connectivity index (χ0) is 33.8. The number of carbonyl (C=O) groups excluding carboxylic acids is 1. The number of hydrogen-bond donors (Lipinski definition) is 5. The number of fused-ring (bicyclic) bond motifs is 1. The van der Waals surface area contributed by atoms with Crippen LogP contribution in [0.2, 0.25) is 0 Å². The second-order valence-corrected chi connectivity index (χ2v) is 11.1. The fourth-order valence-electron chi connectivity index (χ4n) is 4.99. The van der Waals surface area contributed by atoms with Crippen LogP contribution in [-0.2, 0) is 37.4 Å². The second-order valence-electron chi connectivity index (χ2n) is 10.2. The largest absolute Gasteiger partial charge is 0.697 e. The van der Waals surface area contributed by atoms with E-state index in [4.69, 9.17) is 39.5 Å². The Morgan fingerprint density at radius 1 is 1.26 bits per heavy atom. The van der Waals surface area contributed by atoms with E-state index in [-0.39, 0.29) is 40.9 Å². The number of aromatic nitrogens is 6. The van der Waals surface area contributed by atoms with Gasteiger partial charge in [-0.15, -0.1) is 9.05 Å². The first kappa shape index (κ1) is 34.1.